The maximum absolute atomic E-state index is 13.0. The van der Waals surface area contributed by atoms with E-state index in [4.69, 9.17) is 10.5 Å². The first-order valence-electron chi connectivity index (χ1n) is 9.29. The number of hydrogen-bond donors (Lipinski definition) is 1. The zero-order chi connectivity index (χ0) is 19.3. The number of hydrogen-bond acceptors (Lipinski definition) is 6. The average Bonchev–Trinajstić information content (AvgIpc) is 3.00. The molecule has 1 aliphatic heterocycles. The highest BCUT2D eigenvalue weighted by molar-refractivity contribution is 6.04. The molecule has 0 radical (unpaired) electrons. The van der Waals surface area contributed by atoms with Crippen LogP contribution in [0.3, 0.4) is 0 Å². The lowest BCUT2D eigenvalue weighted by molar-refractivity contribution is 0.0697. The van der Waals surface area contributed by atoms with Crippen molar-refractivity contribution in [1.29, 1.82) is 0 Å². The van der Waals surface area contributed by atoms with E-state index in [1.165, 1.54) is 0 Å². The Balaban J connectivity index is 1.79. The van der Waals surface area contributed by atoms with E-state index < -0.39 is 0 Å². The van der Waals surface area contributed by atoms with Gasteiger partial charge in [-0.05, 0) is 30.5 Å². The molecule has 1 aromatic carbocycles. The number of rotatable bonds is 2. The first kappa shape index (κ1) is 16.9. The van der Waals surface area contributed by atoms with Crippen LogP contribution in [0, 0.1) is 0 Å². The molecule has 2 N–H and O–H groups in total. The Morgan fingerprint density at radius 2 is 1.82 bits per heavy atom. The highest BCUT2D eigenvalue weighted by Gasteiger charge is 2.23. The molecule has 8 nitrogen and oxygen atoms in total. The van der Waals surface area contributed by atoms with Crippen molar-refractivity contribution < 1.29 is 4.74 Å². The molecule has 0 bridgehead atoms. The van der Waals surface area contributed by atoms with Crippen LogP contribution in [-0.2, 0) is 11.8 Å². The molecule has 4 heterocycles. The summed E-state index contributed by atoms with van der Waals surface area (Å²) in [6.45, 7) is 1.34. The van der Waals surface area contributed by atoms with Crippen molar-refractivity contribution in [2.24, 2.45) is 7.05 Å². The van der Waals surface area contributed by atoms with Crippen LogP contribution in [0.5, 0.6) is 0 Å². The summed E-state index contributed by atoms with van der Waals surface area (Å²) in [5.74, 6) is 0.241. The molecule has 0 saturated carbocycles. The van der Waals surface area contributed by atoms with Gasteiger partial charge in [0.2, 0.25) is 5.95 Å². The van der Waals surface area contributed by atoms with Gasteiger partial charge >= 0.3 is 5.69 Å². The quantitative estimate of drug-likeness (QED) is 0.576. The number of pyridine rings is 1. The van der Waals surface area contributed by atoms with E-state index in [0.717, 1.165) is 45.9 Å². The summed E-state index contributed by atoms with van der Waals surface area (Å²) in [7, 11) is 1.80. The molecule has 0 aliphatic carbocycles. The van der Waals surface area contributed by atoms with Crippen LogP contribution in [0.2, 0.25) is 0 Å². The fourth-order valence-electron chi connectivity index (χ4n) is 3.98. The van der Waals surface area contributed by atoms with Crippen LogP contribution in [-0.4, -0.2) is 37.3 Å². The topological polar surface area (TPSA) is 101 Å². The number of aromatic nitrogens is 5. The Bertz CT molecular complexity index is 1240. The first-order chi connectivity index (χ1) is 13.6. The second kappa shape index (κ2) is 6.42. The Morgan fingerprint density at radius 1 is 1.07 bits per heavy atom. The van der Waals surface area contributed by atoms with Gasteiger partial charge in [-0.2, -0.15) is 0 Å². The molecular weight excluding hydrogens is 356 g/mol. The molecular formula is C20H20N6O2. The van der Waals surface area contributed by atoms with Crippen LogP contribution in [0.15, 0.2) is 41.6 Å². The number of nitrogens with zero attached hydrogens (tertiary/aromatic N) is 5. The molecule has 0 spiro atoms. The van der Waals surface area contributed by atoms with Crippen molar-refractivity contribution in [1.82, 2.24) is 24.1 Å². The van der Waals surface area contributed by atoms with Gasteiger partial charge in [0.25, 0.3) is 0 Å². The molecule has 0 unspecified atom stereocenters. The lowest BCUT2D eigenvalue weighted by atomic mass is 10.0. The molecule has 1 fully saturated rings. The molecule has 0 atom stereocenters. The Labute approximate surface area is 160 Å². The van der Waals surface area contributed by atoms with Gasteiger partial charge in [-0.3, -0.25) is 14.1 Å². The van der Waals surface area contributed by atoms with Crippen molar-refractivity contribution in [2.45, 2.75) is 18.9 Å². The van der Waals surface area contributed by atoms with Crippen molar-refractivity contribution in [3.63, 3.8) is 0 Å². The lowest BCUT2D eigenvalue weighted by Gasteiger charge is -2.23. The largest absolute Gasteiger partial charge is 0.381 e. The van der Waals surface area contributed by atoms with Gasteiger partial charge in [0.1, 0.15) is 0 Å². The van der Waals surface area contributed by atoms with E-state index in [9.17, 15) is 4.79 Å². The number of fused-ring (bicyclic) bond motifs is 3. The van der Waals surface area contributed by atoms with Crippen LogP contribution in [0.1, 0.15) is 18.9 Å². The first-order valence-corrected chi connectivity index (χ1v) is 9.29. The fraction of sp³-hybridized carbons (Fsp3) is 0.300. The molecule has 1 aliphatic rings. The monoisotopic (exact) mass is 376 g/mol. The number of benzene rings is 1. The van der Waals surface area contributed by atoms with E-state index >= 15 is 0 Å². The van der Waals surface area contributed by atoms with E-state index in [1.807, 2.05) is 16.7 Å². The minimum atomic E-state index is -0.0163. The van der Waals surface area contributed by atoms with E-state index in [-0.39, 0.29) is 17.7 Å². The number of nitrogen functional groups attached to an aromatic ring is 1. The predicted molar refractivity (Wildman–Crippen MR) is 107 cm³/mol. The minimum Gasteiger partial charge on any atom is -0.381 e. The summed E-state index contributed by atoms with van der Waals surface area (Å²) in [5, 5.41) is 0.941. The van der Waals surface area contributed by atoms with Crippen LogP contribution in [0.4, 0.5) is 5.95 Å². The van der Waals surface area contributed by atoms with Crippen LogP contribution in [0.25, 0.3) is 33.1 Å². The summed E-state index contributed by atoms with van der Waals surface area (Å²) in [6.07, 6.45) is 6.84. The van der Waals surface area contributed by atoms with Gasteiger partial charge in [-0.25, -0.2) is 14.8 Å². The smallest absolute Gasteiger partial charge is 0.329 e. The predicted octanol–water partition coefficient (Wildman–Crippen LogP) is 2.28. The zero-order valence-corrected chi connectivity index (χ0v) is 15.5. The normalized spacial score (nSPS) is 15.5. The highest BCUT2D eigenvalue weighted by Crippen LogP contribution is 2.31. The molecule has 4 aromatic rings. The maximum Gasteiger partial charge on any atom is 0.329 e. The summed E-state index contributed by atoms with van der Waals surface area (Å²) < 4.78 is 9.09. The third-order valence-electron chi connectivity index (χ3n) is 5.48. The summed E-state index contributed by atoms with van der Waals surface area (Å²) in [6, 6.07) is 6.12. The SMILES string of the molecule is Cn1c(=O)n(C2CCOCC2)c2c3cc(-c4cnc(N)nc4)ccc3ncc21. The van der Waals surface area contributed by atoms with Gasteiger partial charge in [0, 0.05) is 49.6 Å². The molecule has 28 heavy (non-hydrogen) atoms. The number of nitrogens with two attached hydrogens (primary N) is 1. The van der Waals surface area contributed by atoms with Gasteiger partial charge < -0.3 is 10.5 Å². The van der Waals surface area contributed by atoms with Crippen molar-refractivity contribution in [3.05, 3.63) is 47.3 Å². The highest BCUT2D eigenvalue weighted by atomic mass is 16.5. The van der Waals surface area contributed by atoms with Gasteiger partial charge in [0.05, 0.1) is 22.7 Å². The maximum atomic E-state index is 13.0. The molecule has 8 heteroatoms. The zero-order valence-electron chi connectivity index (χ0n) is 15.5. The Hall–Kier alpha value is -3.26. The fourth-order valence-corrected chi connectivity index (χ4v) is 3.98. The summed E-state index contributed by atoms with van der Waals surface area (Å²) in [5.41, 5.74) is 10.0. The van der Waals surface area contributed by atoms with E-state index in [2.05, 4.69) is 21.0 Å². The van der Waals surface area contributed by atoms with Crippen LogP contribution >= 0.6 is 0 Å². The van der Waals surface area contributed by atoms with Crippen molar-refractivity contribution in [3.8, 4) is 11.1 Å². The third-order valence-corrected chi connectivity index (χ3v) is 5.48. The third kappa shape index (κ3) is 2.56. The number of ether oxygens (including phenoxy) is 1. The second-order valence-corrected chi connectivity index (χ2v) is 7.11. The molecule has 0 amide bonds. The van der Waals surface area contributed by atoms with Gasteiger partial charge in [-0.1, -0.05) is 6.07 Å². The Morgan fingerprint density at radius 3 is 2.57 bits per heavy atom. The van der Waals surface area contributed by atoms with Crippen LogP contribution < -0.4 is 11.4 Å². The molecule has 3 aromatic heterocycles. The molecule has 142 valence electrons. The van der Waals surface area contributed by atoms with Crippen molar-refractivity contribution >= 4 is 27.9 Å². The second-order valence-electron chi connectivity index (χ2n) is 7.11. The van der Waals surface area contributed by atoms with Gasteiger partial charge in [-0.15, -0.1) is 0 Å². The summed E-state index contributed by atoms with van der Waals surface area (Å²) >= 11 is 0. The van der Waals surface area contributed by atoms with Gasteiger partial charge in [0.15, 0.2) is 0 Å². The summed E-state index contributed by atoms with van der Waals surface area (Å²) in [4.78, 5) is 25.8. The van der Waals surface area contributed by atoms with E-state index in [1.54, 1.807) is 30.2 Å². The number of aryl methyl sites for hydroxylation is 1. The number of imidazole rings is 1. The minimum absolute atomic E-state index is 0.0163. The standard InChI is InChI=1S/C20H20N6O2/c1-25-17-11-22-16-3-2-12(13-9-23-19(21)24-10-13)8-15(16)18(17)26(20(25)27)14-4-6-28-7-5-14/h2-3,8-11,14H,4-7H2,1H3,(H2,21,23,24). The van der Waals surface area contributed by atoms with Crippen molar-refractivity contribution in [2.75, 3.05) is 18.9 Å². The molecule has 5 rings (SSSR count). The number of anilines is 1. The Kier molecular flexibility index (Phi) is 3.87. The molecule has 1 saturated heterocycles. The lowest BCUT2D eigenvalue weighted by Crippen LogP contribution is -2.29. The average molecular weight is 376 g/mol. The van der Waals surface area contributed by atoms with E-state index in [0.29, 0.717) is 13.2 Å².